The van der Waals surface area contributed by atoms with Gasteiger partial charge < -0.3 is 14.2 Å². The fraction of sp³-hybridized carbons (Fsp3) is 0.571. The minimum atomic E-state index is 0.198. The van der Waals surface area contributed by atoms with Crippen molar-refractivity contribution in [2.75, 3.05) is 44.3 Å². The van der Waals surface area contributed by atoms with Gasteiger partial charge in [0.2, 0.25) is 0 Å². The summed E-state index contributed by atoms with van der Waals surface area (Å²) >= 11 is 0. The molecule has 1 aromatic heterocycles. The van der Waals surface area contributed by atoms with E-state index < -0.39 is 0 Å². The molecule has 0 bridgehead atoms. The number of benzene rings is 1. The van der Waals surface area contributed by atoms with Gasteiger partial charge in [-0.25, -0.2) is 0 Å². The molecule has 26 heavy (non-hydrogen) atoms. The first-order valence-electron chi connectivity index (χ1n) is 9.67. The number of aryl methyl sites for hydroxylation is 2. The van der Waals surface area contributed by atoms with E-state index in [1.807, 2.05) is 13.8 Å². The Morgan fingerprint density at radius 3 is 2.73 bits per heavy atom. The molecule has 1 unspecified atom stereocenters. The number of piperidine rings is 1. The summed E-state index contributed by atoms with van der Waals surface area (Å²) in [6.07, 6.45) is 2.45. The monoisotopic (exact) mass is 355 g/mol. The Labute approximate surface area is 155 Å². The lowest BCUT2D eigenvalue weighted by molar-refractivity contribution is 0.0557. The first-order chi connectivity index (χ1) is 12.7. The summed E-state index contributed by atoms with van der Waals surface area (Å²) in [7, 11) is 0. The second-order valence-corrected chi connectivity index (χ2v) is 7.93. The summed E-state index contributed by atoms with van der Waals surface area (Å²) in [5, 5.41) is 4.12. The summed E-state index contributed by atoms with van der Waals surface area (Å²) in [5.41, 5.74) is 3.77. The van der Waals surface area contributed by atoms with Gasteiger partial charge >= 0.3 is 0 Å². The third-order valence-corrected chi connectivity index (χ3v) is 5.86. The van der Waals surface area contributed by atoms with Crippen molar-refractivity contribution in [2.24, 2.45) is 5.41 Å². The zero-order valence-corrected chi connectivity index (χ0v) is 15.9. The lowest BCUT2D eigenvalue weighted by Crippen LogP contribution is -2.50. The third kappa shape index (κ3) is 3.64. The van der Waals surface area contributed by atoms with Crippen molar-refractivity contribution in [3.8, 4) is 0 Å². The van der Waals surface area contributed by atoms with E-state index in [-0.39, 0.29) is 5.41 Å². The molecule has 0 amide bonds. The van der Waals surface area contributed by atoms with Gasteiger partial charge in [0.25, 0.3) is 0 Å². The van der Waals surface area contributed by atoms with E-state index in [0.29, 0.717) is 0 Å². The largest absolute Gasteiger partial charge is 0.379 e. The van der Waals surface area contributed by atoms with Crippen molar-refractivity contribution in [3.05, 3.63) is 47.3 Å². The van der Waals surface area contributed by atoms with Crippen molar-refractivity contribution in [2.45, 2.75) is 33.2 Å². The fourth-order valence-electron chi connectivity index (χ4n) is 4.48. The van der Waals surface area contributed by atoms with Gasteiger partial charge in [-0.1, -0.05) is 23.4 Å². The molecule has 2 aromatic rings. The number of ether oxygens (including phenoxy) is 1. The Morgan fingerprint density at radius 2 is 1.96 bits per heavy atom. The Morgan fingerprint density at radius 1 is 1.12 bits per heavy atom. The van der Waals surface area contributed by atoms with Crippen LogP contribution in [0, 0.1) is 19.3 Å². The van der Waals surface area contributed by atoms with Gasteiger partial charge in [-0.15, -0.1) is 0 Å². The van der Waals surface area contributed by atoms with Crippen LogP contribution in [-0.2, 0) is 11.3 Å². The van der Waals surface area contributed by atoms with Crippen LogP contribution in [0.15, 0.2) is 34.9 Å². The zero-order chi connectivity index (χ0) is 18.0. The van der Waals surface area contributed by atoms with Gasteiger partial charge in [-0.05, 0) is 38.8 Å². The van der Waals surface area contributed by atoms with E-state index in [9.17, 15) is 0 Å². The van der Waals surface area contributed by atoms with Crippen molar-refractivity contribution in [1.29, 1.82) is 0 Å². The fourth-order valence-corrected chi connectivity index (χ4v) is 4.48. The van der Waals surface area contributed by atoms with Crippen LogP contribution in [0.4, 0.5) is 5.69 Å². The zero-order valence-electron chi connectivity index (χ0n) is 15.9. The third-order valence-electron chi connectivity index (χ3n) is 5.86. The molecule has 3 heterocycles. The highest BCUT2D eigenvalue weighted by Crippen LogP contribution is 2.35. The van der Waals surface area contributed by atoms with Crippen LogP contribution >= 0.6 is 0 Å². The van der Waals surface area contributed by atoms with Crippen molar-refractivity contribution < 1.29 is 9.26 Å². The van der Waals surface area contributed by atoms with Crippen LogP contribution in [0.5, 0.6) is 0 Å². The Kier molecular flexibility index (Phi) is 5.00. The van der Waals surface area contributed by atoms with E-state index in [2.05, 4.69) is 45.3 Å². The molecule has 2 fully saturated rings. The second-order valence-electron chi connectivity index (χ2n) is 7.93. The molecule has 1 atom stereocenters. The van der Waals surface area contributed by atoms with E-state index in [4.69, 9.17) is 9.26 Å². The summed E-state index contributed by atoms with van der Waals surface area (Å²) in [4.78, 5) is 5.07. The van der Waals surface area contributed by atoms with Crippen LogP contribution < -0.4 is 4.90 Å². The van der Waals surface area contributed by atoms with Crippen LogP contribution in [0.3, 0.4) is 0 Å². The molecule has 0 aliphatic carbocycles. The number of hydrogen-bond donors (Lipinski definition) is 0. The molecule has 1 aromatic carbocycles. The van der Waals surface area contributed by atoms with Crippen LogP contribution in [-0.4, -0.2) is 49.4 Å². The Hall–Kier alpha value is -1.85. The highest BCUT2D eigenvalue weighted by Gasteiger charge is 2.39. The van der Waals surface area contributed by atoms with Crippen LogP contribution in [0.25, 0.3) is 0 Å². The summed E-state index contributed by atoms with van der Waals surface area (Å²) < 4.78 is 11.4. The number of para-hydroxylation sites is 1. The predicted octanol–water partition coefficient (Wildman–Crippen LogP) is 3.41. The highest BCUT2D eigenvalue weighted by molar-refractivity contribution is 5.46. The van der Waals surface area contributed by atoms with Crippen molar-refractivity contribution >= 4 is 5.69 Å². The van der Waals surface area contributed by atoms with Gasteiger partial charge in [0.15, 0.2) is 0 Å². The van der Waals surface area contributed by atoms with Crippen molar-refractivity contribution in [1.82, 2.24) is 10.1 Å². The highest BCUT2D eigenvalue weighted by atomic mass is 16.5. The molecule has 0 saturated carbocycles. The number of rotatable bonds is 3. The van der Waals surface area contributed by atoms with E-state index >= 15 is 0 Å². The average molecular weight is 355 g/mol. The molecule has 2 aliphatic rings. The maximum atomic E-state index is 6.07. The van der Waals surface area contributed by atoms with E-state index in [1.165, 1.54) is 24.1 Å². The summed E-state index contributed by atoms with van der Waals surface area (Å²) in [6.45, 7) is 10.8. The maximum Gasteiger partial charge on any atom is 0.138 e. The average Bonchev–Trinajstić information content (AvgIpc) is 2.86. The molecule has 2 saturated heterocycles. The van der Waals surface area contributed by atoms with Crippen molar-refractivity contribution in [3.63, 3.8) is 0 Å². The first-order valence-corrected chi connectivity index (χ1v) is 9.67. The van der Waals surface area contributed by atoms with E-state index in [1.54, 1.807) is 0 Å². The lowest BCUT2D eigenvalue weighted by atomic mass is 9.79. The molecule has 4 rings (SSSR count). The minimum Gasteiger partial charge on any atom is -0.379 e. The minimum absolute atomic E-state index is 0.198. The predicted molar refractivity (Wildman–Crippen MR) is 102 cm³/mol. The molecule has 2 aliphatic heterocycles. The summed E-state index contributed by atoms with van der Waals surface area (Å²) in [6, 6.07) is 10.8. The molecule has 0 radical (unpaired) electrons. The number of hydrogen-bond acceptors (Lipinski definition) is 5. The molecule has 5 heteroatoms. The summed E-state index contributed by atoms with van der Waals surface area (Å²) in [5.74, 6) is 0.941. The van der Waals surface area contributed by atoms with Gasteiger partial charge in [0.1, 0.15) is 5.76 Å². The molecule has 5 nitrogen and oxygen atoms in total. The molecular formula is C21H29N3O2. The molecule has 1 spiro atoms. The number of anilines is 1. The standard InChI is InChI=1S/C21H29N3O2/c1-17-20(18(2)26-22-17)13-23-11-12-25-16-21(14-23)9-6-10-24(15-21)19-7-4-3-5-8-19/h3-5,7-8H,6,9-16H2,1-2H3. The lowest BCUT2D eigenvalue weighted by Gasteiger charge is -2.44. The molecule has 140 valence electrons. The molecular weight excluding hydrogens is 326 g/mol. The normalized spacial score (nSPS) is 24.8. The van der Waals surface area contributed by atoms with Gasteiger partial charge in [-0.2, -0.15) is 0 Å². The molecule has 0 N–H and O–H groups in total. The van der Waals surface area contributed by atoms with Crippen LogP contribution in [0.2, 0.25) is 0 Å². The number of nitrogens with zero attached hydrogens (tertiary/aromatic N) is 3. The van der Waals surface area contributed by atoms with Crippen LogP contribution in [0.1, 0.15) is 29.9 Å². The van der Waals surface area contributed by atoms with Gasteiger partial charge in [0.05, 0.1) is 18.9 Å². The van der Waals surface area contributed by atoms with E-state index in [0.717, 1.165) is 57.4 Å². The quantitative estimate of drug-likeness (QED) is 0.844. The SMILES string of the molecule is Cc1noc(C)c1CN1CCOCC2(CCCN(c3ccccc3)C2)C1. The van der Waals surface area contributed by atoms with Gasteiger partial charge in [0, 0.05) is 49.4 Å². The first kappa shape index (κ1) is 17.6. The van der Waals surface area contributed by atoms with Gasteiger partial charge in [-0.3, -0.25) is 4.90 Å². The Bertz CT molecular complexity index is 711. The maximum absolute atomic E-state index is 6.07. The second kappa shape index (κ2) is 7.41. The Balaban J connectivity index is 1.51. The smallest absolute Gasteiger partial charge is 0.138 e. The topological polar surface area (TPSA) is 41.7 Å². The number of aromatic nitrogens is 1.